The first-order valence-electron chi connectivity index (χ1n) is 19.0. The first kappa shape index (κ1) is 40.7. The highest BCUT2D eigenvalue weighted by molar-refractivity contribution is 5.88. The van der Waals surface area contributed by atoms with Crippen LogP contribution in [0.4, 0.5) is 22.7 Å². The molecule has 0 N–H and O–H groups in total. The van der Waals surface area contributed by atoms with Crippen molar-refractivity contribution in [2.75, 3.05) is 13.2 Å². The van der Waals surface area contributed by atoms with Crippen molar-refractivity contribution < 1.29 is 38.0 Å². The fraction of sp³-hybridized carbons (Fsp3) is 0.395. The van der Waals surface area contributed by atoms with Crippen LogP contribution in [0.15, 0.2) is 118 Å². The molecule has 0 saturated carbocycles. The lowest BCUT2D eigenvalue weighted by Crippen LogP contribution is -2.41. The zero-order valence-corrected chi connectivity index (χ0v) is 32.0. The lowest BCUT2D eigenvalue weighted by molar-refractivity contribution is -0.167. The number of nitrogens with zero attached hydrogens (tertiary/aromatic N) is 4. The molecular weight excluding hydrogens is 700 g/mol. The van der Waals surface area contributed by atoms with Crippen LogP contribution in [-0.4, -0.2) is 43.1 Å². The molecular formula is C43H50N4O8. The number of rotatable bonds is 20. The minimum atomic E-state index is -1.36. The SMILES string of the molecule is CCCCCCOc1ccc(N=Nc2ccc(OC(=O)[C@@H]3OC(C)(C)O[C@H]3C(=O)Oc3ccc(N=Nc4ccc(OCCCCCC)cc4)cc3)cc2)cc1. The van der Waals surface area contributed by atoms with Crippen molar-refractivity contribution in [3.05, 3.63) is 97.1 Å². The van der Waals surface area contributed by atoms with Gasteiger partial charge in [0.2, 0.25) is 0 Å². The van der Waals surface area contributed by atoms with E-state index in [2.05, 4.69) is 34.3 Å². The van der Waals surface area contributed by atoms with Crippen LogP contribution in [0.25, 0.3) is 0 Å². The summed E-state index contributed by atoms with van der Waals surface area (Å²) in [5.74, 6) is -0.799. The summed E-state index contributed by atoms with van der Waals surface area (Å²) in [6.07, 6.45) is 6.47. The molecule has 1 aliphatic heterocycles. The van der Waals surface area contributed by atoms with Crippen molar-refractivity contribution in [1.29, 1.82) is 0 Å². The highest BCUT2D eigenvalue weighted by Gasteiger charge is 2.51. The van der Waals surface area contributed by atoms with E-state index in [9.17, 15) is 9.59 Å². The summed E-state index contributed by atoms with van der Waals surface area (Å²) in [5.41, 5.74) is 2.45. The summed E-state index contributed by atoms with van der Waals surface area (Å²) < 4.78 is 34.2. The highest BCUT2D eigenvalue weighted by atomic mass is 16.8. The van der Waals surface area contributed by atoms with Gasteiger partial charge in [0.1, 0.15) is 23.0 Å². The topological polar surface area (TPSA) is 139 Å². The molecule has 290 valence electrons. The van der Waals surface area contributed by atoms with E-state index in [4.69, 9.17) is 28.4 Å². The van der Waals surface area contributed by atoms with Gasteiger partial charge in [-0.25, -0.2) is 9.59 Å². The molecule has 1 aliphatic rings. The van der Waals surface area contributed by atoms with Crippen molar-refractivity contribution in [3.63, 3.8) is 0 Å². The Morgan fingerprint density at radius 1 is 0.491 bits per heavy atom. The number of benzene rings is 4. The Kier molecular flexibility index (Phi) is 15.4. The smallest absolute Gasteiger partial charge is 0.344 e. The number of hydrogen-bond donors (Lipinski definition) is 0. The molecule has 1 saturated heterocycles. The highest BCUT2D eigenvalue weighted by Crippen LogP contribution is 2.32. The third kappa shape index (κ3) is 13.4. The Labute approximate surface area is 322 Å². The predicted octanol–water partition coefficient (Wildman–Crippen LogP) is 11.5. The van der Waals surface area contributed by atoms with Crippen LogP contribution < -0.4 is 18.9 Å². The Morgan fingerprint density at radius 2 is 0.800 bits per heavy atom. The third-order valence-corrected chi connectivity index (χ3v) is 8.44. The van der Waals surface area contributed by atoms with Gasteiger partial charge in [-0.3, -0.25) is 0 Å². The van der Waals surface area contributed by atoms with Gasteiger partial charge in [-0.2, -0.15) is 20.5 Å². The first-order valence-corrected chi connectivity index (χ1v) is 19.0. The molecule has 12 nitrogen and oxygen atoms in total. The van der Waals surface area contributed by atoms with Gasteiger partial charge in [0.05, 0.1) is 36.0 Å². The molecule has 0 unspecified atom stereocenters. The second kappa shape index (κ2) is 20.8. The molecule has 0 radical (unpaired) electrons. The van der Waals surface area contributed by atoms with Crippen LogP contribution in [0.3, 0.4) is 0 Å². The normalized spacial score (nSPS) is 16.4. The zero-order chi connectivity index (χ0) is 38.9. The number of azo groups is 2. The summed E-state index contributed by atoms with van der Waals surface area (Å²) in [6.45, 7) is 8.95. The fourth-order valence-corrected chi connectivity index (χ4v) is 5.50. The van der Waals surface area contributed by atoms with E-state index >= 15 is 0 Å². The molecule has 1 heterocycles. The number of esters is 2. The third-order valence-electron chi connectivity index (χ3n) is 8.44. The monoisotopic (exact) mass is 750 g/mol. The Hall–Kier alpha value is -5.46. The molecule has 0 bridgehead atoms. The van der Waals surface area contributed by atoms with Gasteiger partial charge in [0, 0.05) is 0 Å². The average molecular weight is 751 g/mol. The second-order valence-corrected chi connectivity index (χ2v) is 13.5. The van der Waals surface area contributed by atoms with Gasteiger partial charge in [0.25, 0.3) is 0 Å². The van der Waals surface area contributed by atoms with Crippen LogP contribution in [0.2, 0.25) is 0 Å². The maximum absolute atomic E-state index is 13.2. The summed E-state index contributed by atoms with van der Waals surface area (Å²) in [5, 5.41) is 17.1. The Balaban J connectivity index is 1.09. The number of carbonyl (C=O) groups is 2. The van der Waals surface area contributed by atoms with E-state index in [0.29, 0.717) is 36.0 Å². The standard InChI is InChI=1S/C43H50N4O8/c1-5-7-9-11-29-50-35-21-13-31(14-22-35)44-46-33-17-25-37(26-18-33)52-41(48)39-40(55-43(3,4)54-39)42(49)53-38-27-19-34(20-28-38)47-45-32-15-23-36(24-16-32)51-30-12-10-8-6-2/h13-28,39-40H,5-12,29-30H2,1-4H3/t39-,40-/m1/s1. The zero-order valence-electron chi connectivity index (χ0n) is 32.0. The van der Waals surface area contributed by atoms with E-state index in [1.165, 1.54) is 25.7 Å². The summed E-state index contributed by atoms with van der Waals surface area (Å²) in [6, 6.07) is 27.8. The van der Waals surface area contributed by atoms with Crippen LogP contribution in [0, 0.1) is 0 Å². The molecule has 0 spiro atoms. The van der Waals surface area contributed by atoms with Crippen LogP contribution in [-0.2, 0) is 19.1 Å². The quantitative estimate of drug-likeness (QED) is 0.0376. The number of hydrogen-bond acceptors (Lipinski definition) is 12. The average Bonchev–Trinajstić information content (AvgIpc) is 3.53. The largest absolute Gasteiger partial charge is 0.494 e. The predicted molar refractivity (Wildman–Crippen MR) is 208 cm³/mol. The van der Waals surface area contributed by atoms with Gasteiger partial charge in [-0.15, -0.1) is 0 Å². The van der Waals surface area contributed by atoms with Crippen molar-refractivity contribution in [2.45, 2.75) is 97.1 Å². The molecule has 5 rings (SSSR count). The number of carbonyl (C=O) groups excluding carboxylic acids is 2. The second-order valence-electron chi connectivity index (χ2n) is 13.5. The fourth-order valence-electron chi connectivity index (χ4n) is 5.50. The van der Waals surface area contributed by atoms with Crippen LogP contribution in [0.1, 0.15) is 79.1 Å². The van der Waals surface area contributed by atoms with Gasteiger partial charge < -0.3 is 28.4 Å². The van der Waals surface area contributed by atoms with Gasteiger partial charge >= 0.3 is 11.9 Å². The first-order chi connectivity index (χ1) is 26.7. The van der Waals surface area contributed by atoms with Crippen molar-refractivity contribution in [2.24, 2.45) is 20.5 Å². The van der Waals surface area contributed by atoms with E-state index in [-0.39, 0.29) is 11.5 Å². The molecule has 12 heteroatoms. The lowest BCUT2D eigenvalue weighted by Gasteiger charge is -2.16. The minimum absolute atomic E-state index is 0.233. The summed E-state index contributed by atoms with van der Waals surface area (Å²) >= 11 is 0. The molecule has 0 aromatic heterocycles. The summed E-state index contributed by atoms with van der Waals surface area (Å²) in [4.78, 5) is 26.4. The van der Waals surface area contributed by atoms with E-state index in [1.54, 1.807) is 62.4 Å². The van der Waals surface area contributed by atoms with Crippen LogP contribution >= 0.6 is 0 Å². The number of unbranched alkanes of at least 4 members (excludes halogenated alkanes) is 6. The maximum atomic E-state index is 13.2. The molecule has 1 fully saturated rings. The maximum Gasteiger partial charge on any atom is 0.344 e. The van der Waals surface area contributed by atoms with Crippen molar-refractivity contribution in [3.8, 4) is 23.0 Å². The molecule has 0 amide bonds. The Morgan fingerprint density at radius 3 is 1.11 bits per heavy atom. The van der Waals surface area contributed by atoms with E-state index in [0.717, 1.165) is 37.2 Å². The molecule has 4 aromatic rings. The molecule has 2 atom stereocenters. The van der Waals surface area contributed by atoms with Crippen molar-refractivity contribution >= 4 is 34.7 Å². The number of ether oxygens (including phenoxy) is 6. The van der Waals surface area contributed by atoms with Crippen molar-refractivity contribution in [1.82, 2.24) is 0 Å². The van der Waals surface area contributed by atoms with E-state index < -0.39 is 29.9 Å². The molecule has 4 aromatic carbocycles. The van der Waals surface area contributed by atoms with Crippen LogP contribution in [0.5, 0.6) is 23.0 Å². The molecule has 55 heavy (non-hydrogen) atoms. The lowest BCUT2D eigenvalue weighted by atomic mass is 10.2. The summed E-state index contributed by atoms with van der Waals surface area (Å²) in [7, 11) is 0. The van der Waals surface area contributed by atoms with E-state index in [1.807, 2.05) is 48.5 Å². The van der Waals surface area contributed by atoms with Gasteiger partial charge in [-0.05, 0) is 124 Å². The minimum Gasteiger partial charge on any atom is -0.494 e. The van der Waals surface area contributed by atoms with Gasteiger partial charge in [0.15, 0.2) is 18.0 Å². The van der Waals surface area contributed by atoms with Gasteiger partial charge in [-0.1, -0.05) is 52.4 Å². The molecule has 0 aliphatic carbocycles. The Bertz CT molecular complexity index is 1710.